The number of benzene rings is 3. The first-order chi connectivity index (χ1) is 16.2. The van der Waals surface area contributed by atoms with Crippen molar-refractivity contribution in [1.29, 1.82) is 0 Å². The third-order valence-corrected chi connectivity index (χ3v) is 7.09. The van der Waals surface area contributed by atoms with Gasteiger partial charge in [0, 0.05) is 31.0 Å². The van der Waals surface area contributed by atoms with Gasteiger partial charge in [-0.25, -0.2) is 13.2 Å². The molecule has 0 saturated heterocycles. The van der Waals surface area contributed by atoms with E-state index < -0.39 is 10.0 Å². The Morgan fingerprint density at radius 1 is 0.882 bits per heavy atom. The number of amides is 2. The molecule has 0 atom stereocenters. The minimum atomic E-state index is -3.80. The van der Waals surface area contributed by atoms with Gasteiger partial charge in [0.2, 0.25) is 0 Å². The van der Waals surface area contributed by atoms with Crippen molar-refractivity contribution in [3.63, 3.8) is 0 Å². The van der Waals surface area contributed by atoms with Gasteiger partial charge < -0.3 is 10.6 Å². The number of hydrogen-bond acceptors (Lipinski definition) is 4. The fourth-order valence-corrected chi connectivity index (χ4v) is 4.81. The van der Waals surface area contributed by atoms with E-state index in [0.717, 1.165) is 17.0 Å². The summed E-state index contributed by atoms with van der Waals surface area (Å²) in [6, 6.07) is 24.0. The largest absolute Gasteiger partial charge is 0.323 e. The maximum atomic E-state index is 13.3. The molecule has 4 aromatic rings. The average Bonchev–Trinajstić information content (AvgIpc) is 3.17. The zero-order chi connectivity index (χ0) is 24.3. The molecule has 0 aliphatic rings. The van der Waals surface area contributed by atoms with Gasteiger partial charge in [-0.2, -0.15) is 5.10 Å². The molecule has 0 spiro atoms. The SMILES string of the molecule is Cc1cc(-c2cccc(S(=O)(=O)N(C)c3ccc(NC(=O)Nc4ccccc4)cc3)c2)n(C)n1. The lowest BCUT2D eigenvalue weighted by atomic mass is 10.1. The Bertz CT molecular complexity index is 1410. The number of nitrogens with zero attached hydrogens (tertiary/aromatic N) is 3. The lowest BCUT2D eigenvalue weighted by Crippen LogP contribution is -2.26. The number of aryl methyl sites for hydroxylation is 2. The van der Waals surface area contributed by atoms with Crippen molar-refractivity contribution in [2.75, 3.05) is 22.0 Å². The van der Waals surface area contributed by atoms with Crippen LogP contribution in [0.25, 0.3) is 11.3 Å². The topological polar surface area (TPSA) is 96.3 Å². The predicted molar refractivity (Wildman–Crippen MR) is 134 cm³/mol. The highest BCUT2D eigenvalue weighted by molar-refractivity contribution is 7.92. The van der Waals surface area contributed by atoms with Gasteiger partial charge in [-0.1, -0.05) is 30.3 Å². The first kappa shape index (κ1) is 23.1. The Morgan fingerprint density at radius 3 is 2.15 bits per heavy atom. The third kappa shape index (κ3) is 4.94. The molecule has 9 heteroatoms. The summed E-state index contributed by atoms with van der Waals surface area (Å²) in [5.41, 5.74) is 4.13. The number of carbonyl (C=O) groups excluding carboxylic acids is 1. The molecule has 1 aromatic heterocycles. The minimum Gasteiger partial charge on any atom is -0.308 e. The molecule has 34 heavy (non-hydrogen) atoms. The number of hydrogen-bond donors (Lipinski definition) is 2. The molecular formula is C25H25N5O3S. The van der Waals surface area contributed by atoms with Crippen molar-refractivity contribution in [2.45, 2.75) is 11.8 Å². The van der Waals surface area contributed by atoms with E-state index in [2.05, 4.69) is 15.7 Å². The van der Waals surface area contributed by atoms with E-state index in [1.807, 2.05) is 44.3 Å². The monoisotopic (exact) mass is 475 g/mol. The number of aromatic nitrogens is 2. The highest BCUT2D eigenvalue weighted by Crippen LogP contribution is 2.27. The maximum Gasteiger partial charge on any atom is 0.323 e. The molecule has 2 amide bonds. The molecule has 8 nitrogen and oxygen atoms in total. The van der Waals surface area contributed by atoms with Crippen LogP contribution in [0.4, 0.5) is 21.9 Å². The first-order valence-corrected chi connectivity index (χ1v) is 12.0. The normalized spacial score (nSPS) is 11.1. The van der Waals surface area contributed by atoms with Crippen molar-refractivity contribution in [1.82, 2.24) is 9.78 Å². The Labute approximate surface area is 198 Å². The van der Waals surface area contributed by atoms with E-state index >= 15 is 0 Å². The minimum absolute atomic E-state index is 0.177. The van der Waals surface area contributed by atoms with Crippen molar-refractivity contribution >= 4 is 33.1 Å². The van der Waals surface area contributed by atoms with Crippen LogP contribution >= 0.6 is 0 Å². The van der Waals surface area contributed by atoms with Crippen LogP contribution in [0.15, 0.2) is 89.8 Å². The van der Waals surface area contributed by atoms with Crippen molar-refractivity contribution < 1.29 is 13.2 Å². The molecule has 0 unspecified atom stereocenters. The van der Waals surface area contributed by atoms with Crippen LogP contribution in [0.5, 0.6) is 0 Å². The van der Waals surface area contributed by atoms with Gasteiger partial charge in [-0.05, 0) is 61.5 Å². The van der Waals surface area contributed by atoms with Gasteiger partial charge in [0.1, 0.15) is 0 Å². The van der Waals surface area contributed by atoms with Crippen LogP contribution in [0, 0.1) is 6.92 Å². The quantitative estimate of drug-likeness (QED) is 0.416. The highest BCUT2D eigenvalue weighted by Gasteiger charge is 2.22. The van der Waals surface area contributed by atoms with E-state index in [4.69, 9.17) is 0 Å². The number of carbonyl (C=O) groups is 1. The van der Waals surface area contributed by atoms with Gasteiger partial charge in [-0.3, -0.25) is 8.99 Å². The van der Waals surface area contributed by atoms with Gasteiger partial charge >= 0.3 is 6.03 Å². The number of rotatable bonds is 6. The Morgan fingerprint density at radius 2 is 1.53 bits per heavy atom. The van der Waals surface area contributed by atoms with Crippen molar-refractivity contribution in [2.24, 2.45) is 7.05 Å². The second kappa shape index (κ2) is 9.40. The Balaban J connectivity index is 1.50. The molecule has 0 saturated carbocycles. The molecule has 174 valence electrons. The Kier molecular flexibility index (Phi) is 6.38. The second-order valence-corrected chi connectivity index (χ2v) is 9.76. The fraction of sp³-hybridized carbons (Fsp3) is 0.120. The fourth-order valence-electron chi connectivity index (χ4n) is 3.56. The molecule has 2 N–H and O–H groups in total. The predicted octanol–water partition coefficient (Wildman–Crippen LogP) is 4.86. The summed E-state index contributed by atoms with van der Waals surface area (Å²) in [7, 11) is -0.476. The number of anilines is 3. The molecule has 0 aliphatic carbocycles. The summed E-state index contributed by atoms with van der Waals surface area (Å²) < 4.78 is 29.5. The smallest absolute Gasteiger partial charge is 0.308 e. The maximum absolute atomic E-state index is 13.3. The molecule has 3 aromatic carbocycles. The summed E-state index contributed by atoms with van der Waals surface area (Å²) in [4.78, 5) is 12.4. The summed E-state index contributed by atoms with van der Waals surface area (Å²) in [5, 5.41) is 9.81. The van der Waals surface area contributed by atoms with E-state index in [0.29, 0.717) is 17.1 Å². The van der Waals surface area contributed by atoms with Crippen LogP contribution in [0.1, 0.15) is 5.69 Å². The van der Waals surface area contributed by atoms with E-state index in [1.165, 1.54) is 11.4 Å². The number of nitrogens with one attached hydrogen (secondary N) is 2. The summed E-state index contributed by atoms with van der Waals surface area (Å²) in [6.45, 7) is 1.89. The third-order valence-electron chi connectivity index (χ3n) is 5.31. The van der Waals surface area contributed by atoms with Crippen LogP contribution in [0.3, 0.4) is 0 Å². The summed E-state index contributed by atoms with van der Waals surface area (Å²) in [6.07, 6.45) is 0. The van der Waals surface area contributed by atoms with Crippen molar-refractivity contribution in [3.8, 4) is 11.3 Å². The van der Waals surface area contributed by atoms with Crippen LogP contribution in [-0.2, 0) is 17.1 Å². The molecule has 0 fully saturated rings. The zero-order valence-electron chi connectivity index (χ0n) is 19.1. The van der Waals surface area contributed by atoms with E-state index in [9.17, 15) is 13.2 Å². The van der Waals surface area contributed by atoms with Crippen molar-refractivity contribution in [3.05, 3.63) is 90.6 Å². The van der Waals surface area contributed by atoms with E-state index in [1.54, 1.807) is 59.3 Å². The molecule has 1 heterocycles. The van der Waals surface area contributed by atoms with E-state index in [-0.39, 0.29) is 10.9 Å². The highest BCUT2D eigenvalue weighted by atomic mass is 32.2. The van der Waals surface area contributed by atoms with Gasteiger partial charge in [0.15, 0.2) is 0 Å². The van der Waals surface area contributed by atoms with Crippen LogP contribution in [-0.4, -0.2) is 31.3 Å². The second-order valence-electron chi connectivity index (χ2n) is 7.79. The standard InChI is InChI=1S/C25H25N5O3S/c1-18-16-24(29(2)28-18)19-8-7-11-23(17-19)34(32,33)30(3)22-14-12-21(13-15-22)27-25(31)26-20-9-5-4-6-10-20/h4-17H,1-3H3,(H2,26,27,31). The Hall–Kier alpha value is -4.11. The number of urea groups is 1. The van der Waals surface area contributed by atoms with Gasteiger partial charge in [-0.15, -0.1) is 0 Å². The van der Waals surface area contributed by atoms with Gasteiger partial charge in [0.25, 0.3) is 10.0 Å². The zero-order valence-corrected chi connectivity index (χ0v) is 19.9. The molecule has 0 aliphatic heterocycles. The molecule has 4 rings (SSSR count). The summed E-state index contributed by atoms with van der Waals surface area (Å²) >= 11 is 0. The molecule has 0 radical (unpaired) electrons. The van der Waals surface area contributed by atoms with Crippen LogP contribution in [0.2, 0.25) is 0 Å². The lowest BCUT2D eigenvalue weighted by molar-refractivity contribution is 0.262. The average molecular weight is 476 g/mol. The van der Waals surface area contributed by atoms with Gasteiger partial charge in [0.05, 0.1) is 22.0 Å². The molecular weight excluding hydrogens is 450 g/mol. The number of sulfonamides is 1. The van der Waals surface area contributed by atoms with Crippen LogP contribution < -0.4 is 14.9 Å². The number of para-hydroxylation sites is 1. The molecule has 0 bridgehead atoms. The lowest BCUT2D eigenvalue weighted by Gasteiger charge is -2.20. The first-order valence-electron chi connectivity index (χ1n) is 10.6. The summed E-state index contributed by atoms with van der Waals surface area (Å²) in [5.74, 6) is 0.